The third kappa shape index (κ3) is 3.77. The van der Waals surface area contributed by atoms with Gasteiger partial charge in [0.05, 0.1) is 10.5 Å². The number of anilines is 1. The lowest BCUT2D eigenvalue weighted by Crippen LogP contribution is -2.26. The molecule has 0 atom stereocenters. The van der Waals surface area contributed by atoms with E-state index in [1.807, 2.05) is 0 Å². The molecular weight excluding hydrogens is 250 g/mol. The van der Waals surface area contributed by atoms with E-state index in [0.29, 0.717) is 24.9 Å². The Balaban J connectivity index is 2.87. The zero-order chi connectivity index (χ0) is 14.4. The topological polar surface area (TPSA) is 92.6 Å². The van der Waals surface area contributed by atoms with Gasteiger partial charge < -0.3 is 10.2 Å². The Bertz CT molecular complexity index is 502. The quantitative estimate of drug-likeness (QED) is 0.470. The number of nitrogens with one attached hydrogen (secondary N) is 1. The van der Waals surface area contributed by atoms with Crippen LogP contribution in [0.4, 0.5) is 11.4 Å². The minimum Gasteiger partial charge on any atom is -0.374 e. The molecule has 0 aliphatic rings. The predicted molar refractivity (Wildman–Crippen MR) is 70.4 cm³/mol. The maximum absolute atomic E-state index is 11.1. The molecule has 0 aromatic heterocycles. The van der Waals surface area contributed by atoms with E-state index in [0.717, 1.165) is 0 Å². The number of rotatable bonds is 6. The van der Waals surface area contributed by atoms with E-state index in [4.69, 9.17) is 0 Å². The first-order valence-electron chi connectivity index (χ1n) is 5.65. The summed E-state index contributed by atoms with van der Waals surface area (Å²) in [7, 11) is 3.30. The number of amides is 1. The lowest BCUT2D eigenvalue weighted by molar-refractivity contribution is -0.385. The van der Waals surface area contributed by atoms with Crippen molar-refractivity contribution < 1.29 is 14.5 Å². The van der Waals surface area contributed by atoms with Gasteiger partial charge in [0.1, 0.15) is 0 Å². The first-order valence-corrected chi connectivity index (χ1v) is 5.65. The Labute approximate surface area is 110 Å². The molecule has 0 heterocycles. The van der Waals surface area contributed by atoms with Gasteiger partial charge in [-0.25, -0.2) is 0 Å². The molecule has 0 bridgehead atoms. The molecule has 1 aromatic rings. The first-order chi connectivity index (χ1) is 8.99. The van der Waals surface area contributed by atoms with Crippen LogP contribution in [-0.2, 0) is 4.79 Å². The van der Waals surface area contributed by atoms with Crippen molar-refractivity contribution in [1.29, 1.82) is 0 Å². The highest BCUT2D eigenvalue weighted by Crippen LogP contribution is 2.23. The summed E-state index contributed by atoms with van der Waals surface area (Å²) < 4.78 is 0. The normalized spacial score (nSPS) is 9.79. The highest BCUT2D eigenvalue weighted by Gasteiger charge is 2.15. The van der Waals surface area contributed by atoms with E-state index < -0.39 is 4.92 Å². The van der Waals surface area contributed by atoms with Gasteiger partial charge >= 0.3 is 0 Å². The summed E-state index contributed by atoms with van der Waals surface area (Å²) in [4.78, 5) is 33.8. The highest BCUT2D eigenvalue weighted by atomic mass is 16.6. The maximum atomic E-state index is 11.1. The number of hydrogen-bond donors (Lipinski definition) is 1. The van der Waals surface area contributed by atoms with Crippen LogP contribution in [0.1, 0.15) is 16.8 Å². The van der Waals surface area contributed by atoms with Gasteiger partial charge in [-0.2, -0.15) is 0 Å². The number of carbonyl (C=O) groups is 2. The van der Waals surface area contributed by atoms with E-state index in [9.17, 15) is 19.7 Å². The number of nitrogens with zero attached hydrogens (tertiary/aromatic N) is 2. The Morgan fingerprint density at radius 1 is 1.53 bits per heavy atom. The molecule has 7 heteroatoms. The molecule has 102 valence electrons. The SMILES string of the molecule is CNC(=O)CCN(C)c1ccc([N+](=O)[O-])c(C=O)c1. The van der Waals surface area contributed by atoms with Gasteiger partial charge in [0.2, 0.25) is 5.91 Å². The molecule has 19 heavy (non-hydrogen) atoms. The van der Waals surface area contributed by atoms with E-state index in [2.05, 4.69) is 5.32 Å². The van der Waals surface area contributed by atoms with Crippen LogP contribution in [-0.4, -0.2) is 37.8 Å². The number of hydrogen-bond acceptors (Lipinski definition) is 5. The van der Waals surface area contributed by atoms with Crippen molar-refractivity contribution >= 4 is 23.6 Å². The first kappa shape index (κ1) is 14.6. The van der Waals surface area contributed by atoms with Crippen LogP contribution >= 0.6 is 0 Å². The Kier molecular flexibility index (Phi) is 4.99. The van der Waals surface area contributed by atoms with Crippen LogP contribution in [0.3, 0.4) is 0 Å². The smallest absolute Gasteiger partial charge is 0.280 e. The summed E-state index contributed by atoms with van der Waals surface area (Å²) in [5, 5.41) is 13.2. The minimum atomic E-state index is -0.599. The third-order valence-electron chi connectivity index (χ3n) is 2.73. The minimum absolute atomic E-state index is 0.0225. The van der Waals surface area contributed by atoms with Crippen LogP contribution in [0.5, 0.6) is 0 Å². The lowest BCUT2D eigenvalue weighted by Gasteiger charge is -2.19. The second-order valence-corrected chi connectivity index (χ2v) is 3.96. The molecule has 0 saturated heterocycles. The van der Waals surface area contributed by atoms with Gasteiger partial charge in [0.25, 0.3) is 5.69 Å². The standard InChI is InChI=1S/C12H15N3O4/c1-13-12(17)5-6-14(2)10-3-4-11(15(18)19)9(7-10)8-16/h3-4,7-8H,5-6H2,1-2H3,(H,13,17). The van der Waals surface area contributed by atoms with Crippen molar-refractivity contribution in [2.45, 2.75) is 6.42 Å². The predicted octanol–water partition coefficient (Wildman–Crippen LogP) is 0.980. The average molecular weight is 265 g/mol. The van der Waals surface area contributed by atoms with Crippen LogP contribution in [0.25, 0.3) is 0 Å². The number of nitro benzene ring substituents is 1. The van der Waals surface area contributed by atoms with Crippen molar-refractivity contribution in [2.75, 3.05) is 25.5 Å². The van der Waals surface area contributed by atoms with E-state index >= 15 is 0 Å². The van der Waals surface area contributed by atoms with Crippen molar-refractivity contribution in [3.63, 3.8) is 0 Å². The summed E-state index contributed by atoms with van der Waals surface area (Å²) in [6.07, 6.45) is 0.759. The molecule has 0 aliphatic carbocycles. The fourth-order valence-corrected chi connectivity index (χ4v) is 1.56. The molecule has 1 aromatic carbocycles. The molecule has 0 radical (unpaired) electrons. The maximum Gasteiger partial charge on any atom is 0.280 e. The molecule has 0 fully saturated rings. The highest BCUT2D eigenvalue weighted by molar-refractivity contribution is 5.83. The molecule has 0 saturated carbocycles. The zero-order valence-electron chi connectivity index (χ0n) is 10.8. The molecule has 1 amide bonds. The summed E-state index contributed by atoms with van der Waals surface area (Å²) in [5.41, 5.74) is 0.448. The van der Waals surface area contributed by atoms with Crippen molar-refractivity contribution in [3.8, 4) is 0 Å². The second kappa shape index (κ2) is 6.48. The fraction of sp³-hybridized carbons (Fsp3) is 0.333. The molecule has 0 aliphatic heterocycles. The lowest BCUT2D eigenvalue weighted by atomic mass is 10.1. The van der Waals surface area contributed by atoms with Crippen molar-refractivity contribution in [3.05, 3.63) is 33.9 Å². The average Bonchev–Trinajstić information content (AvgIpc) is 2.43. The summed E-state index contributed by atoms with van der Waals surface area (Å²) in [6.45, 7) is 0.454. The number of aldehydes is 1. The molecule has 7 nitrogen and oxygen atoms in total. The number of carbonyl (C=O) groups excluding carboxylic acids is 2. The number of benzene rings is 1. The van der Waals surface area contributed by atoms with Crippen LogP contribution in [0.2, 0.25) is 0 Å². The molecular formula is C12H15N3O4. The summed E-state index contributed by atoms with van der Waals surface area (Å²) in [6, 6.07) is 4.28. The summed E-state index contributed by atoms with van der Waals surface area (Å²) in [5.74, 6) is -0.0932. The Morgan fingerprint density at radius 3 is 2.74 bits per heavy atom. The molecule has 0 unspecified atom stereocenters. The van der Waals surface area contributed by atoms with E-state index in [1.54, 1.807) is 25.1 Å². The van der Waals surface area contributed by atoms with Gasteiger partial charge in [-0.05, 0) is 12.1 Å². The molecule has 1 rings (SSSR count). The van der Waals surface area contributed by atoms with E-state index in [-0.39, 0.29) is 17.2 Å². The van der Waals surface area contributed by atoms with E-state index in [1.165, 1.54) is 12.1 Å². The van der Waals surface area contributed by atoms with Crippen LogP contribution < -0.4 is 10.2 Å². The van der Waals surface area contributed by atoms with Crippen molar-refractivity contribution in [2.24, 2.45) is 0 Å². The number of nitro groups is 1. The zero-order valence-corrected chi connectivity index (χ0v) is 10.8. The van der Waals surface area contributed by atoms with Gasteiger partial charge in [-0.3, -0.25) is 19.7 Å². The van der Waals surface area contributed by atoms with Crippen LogP contribution in [0, 0.1) is 10.1 Å². The molecule has 1 N–H and O–H groups in total. The summed E-state index contributed by atoms with van der Waals surface area (Å²) >= 11 is 0. The Morgan fingerprint density at radius 2 is 2.21 bits per heavy atom. The fourth-order valence-electron chi connectivity index (χ4n) is 1.56. The van der Waals surface area contributed by atoms with Gasteiger partial charge in [-0.15, -0.1) is 0 Å². The third-order valence-corrected chi connectivity index (χ3v) is 2.73. The Hall–Kier alpha value is -2.44. The van der Waals surface area contributed by atoms with Crippen LogP contribution in [0.15, 0.2) is 18.2 Å². The van der Waals surface area contributed by atoms with Gasteiger partial charge in [-0.1, -0.05) is 0 Å². The second-order valence-electron chi connectivity index (χ2n) is 3.96. The van der Waals surface area contributed by atoms with Crippen molar-refractivity contribution in [1.82, 2.24) is 5.32 Å². The largest absolute Gasteiger partial charge is 0.374 e. The monoisotopic (exact) mass is 265 g/mol. The molecule has 0 spiro atoms. The van der Waals surface area contributed by atoms with Gasteiger partial charge in [0, 0.05) is 38.8 Å². The van der Waals surface area contributed by atoms with Gasteiger partial charge in [0.15, 0.2) is 6.29 Å².